The Morgan fingerprint density at radius 1 is 1.19 bits per heavy atom. The van der Waals surface area contributed by atoms with E-state index in [2.05, 4.69) is 15.2 Å². The second-order valence-corrected chi connectivity index (χ2v) is 7.59. The van der Waals surface area contributed by atoms with Crippen molar-refractivity contribution in [3.63, 3.8) is 0 Å². The van der Waals surface area contributed by atoms with Crippen LogP contribution < -0.4 is 10.1 Å². The van der Waals surface area contributed by atoms with E-state index >= 15 is 0 Å². The number of aromatic amines is 1. The Hall–Kier alpha value is -2.84. The lowest BCUT2D eigenvalue weighted by Crippen LogP contribution is -2.34. The minimum absolute atomic E-state index is 0.365. The molecule has 0 unspecified atom stereocenters. The van der Waals surface area contributed by atoms with E-state index in [1.807, 2.05) is 31.3 Å². The molecular weight excluding hydrogens is 405 g/mol. The molecule has 1 aromatic heterocycles. The Kier molecular flexibility index (Phi) is 6.02. The predicted octanol–water partition coefficient (Wildman–Crippen LogP) is 4.57. The lowest BCUT2D eigenvalue weighted by atomic mass is 9.96. The van der Waals surface area contributed by atoms with Crippen LogP contribution in [0.2, 0.25) is 0 Å². The molecule has 0 bridgehead atoms. The molecule has 0 saturated heterocycles. The summed E-state index contributed by atoms with van der Waals surface area (Å²) in [6.07, 6.45) is -1.74. The molecular formula is C23H25F3N4O. The Labute approximate surface area is 178 Å². The second-order valence-electron chi connectivity index (χ2n) is 7.59. The minimum Gasteiger partial charge on any atom is -0.496 e. The van der Waals surface area contributed by atoms with Crippen LogP contribution in [0.25, 0.3) is 28.0 Å². The molecule has 3 aromatic rings. The van der Waals surface area contributed by atoms with E-state index in [4.69, 9.17) is 9.72 Å². The third-order valence-electron chi connectivity index (χ3n) is 5.59. The van der Waals surface area contributed by atoms with Crippen molar-refractivity contribution in [1.29, 1.82) is 0 Å². The first-order valence-corrected chi connectivity index (χ1v) is 10.2. The summed E-state index contributed by atoms with van der Waals surface area (Å²) in [4.78, 5) is 10.0. The number of benzene rings is 2. The van der Waals surface area contributed by atoms with Crippen LogP contribution in [-0.4, -0.2) is 55.2 Å². The number of alkyl halides is 3. The Morgan fingerprint density at radius 2 is 2.00 bits per heavy atom. The number of fused-ring (bicyclic) bond motifs is 1. The molecule has 1 aliphatic rings. The van der Waals surface area contributed by atoms with Gasteiger partial charge in [0.15, 0.2) is 0 Å². The second kappa shape index (κ2) is 8.72. The van der Waals surface area contributed by atoms with Gasteiger partial charge in [-0.2, -0.15) is 13.2 Å². The van der Waals surface area contributed by atoms with Gasteiger partial charge in [-0.3, -0.25) is 4.90 Å². The zero-order chi connectivity index (χ0) is 22.0. The predicted molar refractivity (Wildman–Crippen MR) is 116 cm³/mol. The zero-order valence-electron chi connectivity index (χ0n) is 17.5. The number of imidazole rings is 1. The molecule has 0 fully saturated rings. The van der Waals surface area contributed by atoms with Crippen molar-refractivity contribution in [2.75, 3.05) is 40.3 Å². The summed E-state index contributed by atoms with van der Waals surface area (Å²) in [5, 5.41) is 3.12. The van der Waals surface area contributed by atoms with Crippen LogP contribution in [-0.2, 0) is 6.18 Å². The molecule has 0 atom stereocenters. The number of likely N-dealkylation sites (N-methyl/N-ethyl adjacent to an activating group) is 1. The Morgan fingerprint density at radius 3 is 2.68 bits per heavy atom. The van der Waals surface area contributed by atoms with Gasteiger partial charge >= 0.3 is 6.18 Å². The highest BCUT2D eigenvalue weighted by atomic mass is 19.4. The molecule has 2 aromatic carbocycles. The van der Waals surface area contributed by atoms with E-state index in [1.54, 1.807) is 13.2 Å². The Balaban J connectivity index is 1.80. The number of hydrogen-bond donors (Lipinski definition) is 2. The molecule has 1 aliphatic heterocycles. The van der Waals surface area contributed by atoms with Gasteiger partial charge in [0.2, 0.25) is 0 Å². The molecule has 2 N–H and O–H groups in total. The van der Waals surface area contributed by atoms with Gasteiger partial charge in [-0.15, -0.1) is 0 Å². The summed E-state index contributed by atoms with van der Waals surface area (Å²) in [5.41, 5.74) is 2.37. The molecule has 0 spiro atoms. The summed E-state index contributed by atoms with van der Waals surface area (Å²) in [6.45, 7) is 3.28. The molecule has 2 heterocycles. The average Bonchev–Trinajstić information content (AvgIpc) is 3.21. The maximum atomic E-state index is 13.6. The van der Waals surface area contributed by atoms with Crippen molar-refractivity contribution in [2.24, 2.45) is 0 Å². The maximum absolute atomic E-state index is 13.6. The molecule has 164 valence electrons. The lowest BCUT2D eigenvalue weighted by molar-refractivity contribution is -0.137. The van der Waals surface area contributed by atoms with Gasteiger partial charge in [0.25, 0.3) is 0 Å². The SMILES string of the molecule is CNCCN1CC=C(c2cc(C(F)(F)F)cc3[nH]c(-c4ccccc4OC)nc23)CC1. The molecule has 5 nitrogen and oxygen atoms in total. The van der Waals surface area contributed by atoms with Gasteiger partial charge in [0, 0.05) is 31.7 Å². The standard InChI is InChI=1S/C23H25F3N4O/c1-27-9-12-30-10-7-15(8-11-30)18-13-16(23(24,25)26)14-19-21(18)29-22(28-19)17-5-3-4-6-20(17)31-2/h3-7,13-14,27H,8-12H2,1-2H3,(H,28,29). The largest absolute Gasteiger partial charge is 0.496 e. The number of aromatic nitrogens is 2. The van der Waals surface area contributed by atoms with Crippen molar-refractivity contribution in [3.8, 4) is 17.1 Å². The van der Waals surface area contributed by atoms with Crippen LogP contribution in [0.1, 0.15) is 17.5 Å². The third kappa shape index (κ3) is 4.45. The van der Waals surface area contributed by atoms with E-state index in [1.165, 1.54) is 6.07 Å². The third-order valence-corrected chi connectivity index (χ3v) is 5.59. The monoisotopic (exact) mass is 430 g/mol. The minimum atomic E-state index is -4.44. The fourth-order valence-corrected chi connectivity index (χ4v) is 3.92. The first kappa shape index (κ1) is 21.4. The van der Waals surface area contributed by atoms with Gasteiger partial charge in [-0.1, -0.05) is 18.2 Å². The summed E-state index contributed by atoms with van der Waals surface area (Å²) in [6, 6.07) is 9.67. The summed E-state index contributed by atoms with van der Waals surface area (Å²) in [7, 11) is 3.46. The number of H-pyrrole nitrogens is 1. The van der Waals surface area contributed by atoms with Crippen molar-refractivity contribution in [3.05, 3.63) is 53.6 Å². The highest BCUT2D eigenvalue weighted by Crippen LogP contribution is 2.38. The van der Waals surface area contributed by atoms with Gasteiger partial charge in [-0.25, -0.2) is 4.98 Å². The van der Waals surface area contributed by atoms with Crippen LogP contribution in [0.5, 0.6) is 5.75 Å². The molecule has 0 amide bonds. The highest BCUT2D eigenvalue weighted by molar-refractivity contribution is 5.92. The zero-order valence-corrected chi connectivity index (χ0v) is 17.5. The molecule has 0 saturated carbocycles. The number of rotatable bonds is 6. The molecule has 31 heavy (non-hydrogen) atoms. The number of para-hydroxylation sites is 1. The van der Waals surface area contributed by atoms with Crippen molar-refractivity contribution >= 4 is 16.6 Å². The van der Waals surface area contributed by atoms with Gasteiger partial charge in [-0.05, 0) is 43.3 Å². The Bertz CT molecular complexity index is 1100. The van der Waals surface area contributed by atoms with Crippen LogP contribution >= 0.6 is 0 Å². The number of halogens is 3. The van der Waals surface area contributed by atoms with Crippen LogP contribution in [0.3, 0.4) is 0 Å². The van der Waals surface area contributed by atoms with Crippen molar-refractivity contribution < 1.29 is 17.9 Å². The summed E-state index contributed by atoms with van der Waals surface area (Å²) in [5.74, 6) is 1.09. The molecule has 0 radical (unpaired) electrons. The maximum Gasteiger partial charge on any atom is 0.416 e. The van der Waals surface area contributed by atoms with Gasteiger partial charge in [0.05, 0.1) is 29.3 Å². The molecule has 8 heteroatoms. The highest BCUT2D eigenvalue weighted by Gasteiger charge is 2.32. The quantitative estimate of drug-likeness (QED) is 0.602. The molecule has 0 aliphatic carbocycles. The number of ether oxygens (including phenoxy) is 1. The van der Waals surface area contributed by atoms with E-state index < -0.39 is 11.7 Å². The van der Waals surface area contributed by atoms with Gasteiger partial charge in [0.1, 0.15) is 11.6 Å². The molecule has 4 rings (SSSR count). The van der Waals surface area contributed by atoms with Crippen LogP contribution in [0.4, 0.5) is 13.2 Å². The normalized spacial score (nSPS) is 15.3. The van der Waals surface area contributed by atoms with E-state index in [0.717, 1.165) is 31.3 Å². The van der Waals surface area contributed by atoms with E-state index in [-0.39, 0.29) is 0 Å². The smallest absolute Gasteiger partial charge is 0.416 e. The first-order chi connectivity index (χ1) is 14.9. The summed E-state index contributed by atoms with van der Waals surface area (Å²) >= 11 is 0. The number of methoxy groups -OCH3 is 1. The lowest BCUT2D eigenvalue weighted by Gasteiger charge is -2.26. The fraction of sp³-hybridized carbons (Fsp3) is 0.348. The van der Waals surface area contributed by atoms with Gasteiger partial charge < -0.3 is 15.0 Å². The first-order valence-electron chi connectivity index (χ1n) is 10.2. The fourth-order valence-electron chi connectivity index (χ4n) is 3.92. The average molecular weight is 430 g/mol. The van der Waals surface area contributed by atoms with Crippen LogP contribution in [0, 0.1) is 0 Å². The number of nitrogens with one attached hydrogen (secondary N) is 2. The van der Waals surface area contributed by atoms with E-state index in [0.29, 0.717) is 46.7 Å². The van der Waals surface area contributed by atoms with E-state index in [9.17, 15) is 13.2 Å². The van der Waals surface area contributed by atoms with Crippen molar-refractivity contribution in [2.45, 2.75) is 12.6 Å². The summed E-state index contributed by atoms with van der Waals surface area (Å²) < 4.78 is 46.3. The topological polar surface area (TPSA) is 53.2 Å². The van der Waals surface area contributed by atoms with Crippen LogP contribution in [0.15, 0.2) is 42.5 Å². The number of nitrogens with zero attached hydrogens (tertiary/aromatic N) is 2. The number of hydrogen-bond acceptors (Lipinski definition) is 4. The van der Waals surface area contributed by atoms with Crippen molar-refractivity contribution in [1.82, 2.24) is 20.2 Å².